The summed E-state index contributed by atoms with van der Waals surface area (Å²) in [5.41, 5.74) is 12.1. The molecule has 0 saturated heterocycles. The maximum Gasteiger partial charge on any atom is 0.160 e. The standard InChI is InChI=1S/C50H34N2O/c1-31-19-25-42-40(27-31)39-15-7-8-16-41(39)50(42)43-17-9-10-18-47(43)53-48-26-23-36(29-44(48)50)46-30-45(51-49(52-46)33-12-3-2-4-13-33)35-22-24-38-34(28-35)21-20-32-11-5-6-14-37(32)38/h2-26,28-31H,27H2,1H3/t31-,50?/m0/s1. The van der Waals surface area contributed by atoms with E-state index in [-0.39, 0.29) is 0 Å². The average Bonchev–Trinajstić information content (AvgIpc) is 3.50. The summed E-state index contributed by atoms with van der Waals surface area (Å²) in [6, 6.07) is 56.3. The third kappa shape index (κ3) is 4.47. The third-order valence-electron chi connectivity index (χ3n) is 11.5. The van der Waals surface area contributed by atoms with Crippen molar-refractivity contribution in [3.8, 4) is 45.4 Å². The Morgan fingerprint density at radius 1 is 0.547 bits per heavy atom. The molecule has 0 radical (unpaired) electrons. The molecule has 3 nitrogen and oxygen atoms in total. The van der Waals surface area contributed by atoms with Crippen LogP contribution >= 0.6 is 0 Å². The first-order valence-electron chi connectivity index (χ1n) is 18.5. The number of rotatable bonds is 3. The number of ether oxygens (including phenoxy) is 1. The Balaban J connectivity index is 1.14. The Morgan fingerprint density at radius 2 is 1.23 bits per heavy atom. The molecule has 1 aliphatic heterocycles. The fraction of sp³-hybridized carbons (Fsp3) is 0.0800. The van der Waals surface area contributed by atoms with Crippen LogP contribution in [0.3, 0.4) is 0 Å². The second-order valence-electron chi connectivity index (χ2n) is 14.6. The van der Waals surface area contributed by atoms with Crippen LogP contribution in [0.15, 0.2) is 175 Å². The van der Waals surface area contributed by atoms with Gasteiger partial charge in [0.05, 0.1) is 16.8 Å². The highest BCUT2D eigenvalue weighted by atomic mass is 16.5. The Kier molecular flexibility index (Phi) is 6.51. The molecule has 0 saturated carbocycles. The molecule has 0 bridgehead atoms. The van der Waals surface area contributed by atoms with E-state index in [2.05, 4.69) is 159 Å². The lowest BCUT2D eigenvalue weighted by atomic mass is 9.64. The van der Waals surface area contributed by atoms with E-state index in [1.54, 1.807) is 0 Å². The van der Waals surface area contributed by atoms with E-state index in [0.29, 0.717) is 11.7 Å². The van der Waals surface area contributed by atoms with E-state index < -0.39 is 5.41 Å². The molecular formula is C50H34N2O. The molecule has 0 fully saturated rings. The molecule has 0 N–H and O–H groups in total. The first-order chi connectivity index (χ1) is 26.1. The van der Waals surface area contributed by atoms with Crippen LogP contribution in [0, 0.1) is 5.92 Å². The number of hydrogen-bond donors (Lipinski definition) is 0. The van der Waals surface area contributed by atoms with Gasteiger partial charge in [0, 0.05) is 27.8 Å². The van der Waals surface area contributed by atoms with Gasteiger partial charge < -0.3 is 4.74 Å². The number of aromatic nitrogens is 2. The molecule has 2 aliphatic carbocycles. The summed E-state index contributed by atoms with van der Waals surface area (Å²) in [6.45, 7) is 2.31. The second kappa shape index (κ2) is 11.5. The summed E-state index contributed by atoms with van der Waals surface area (Å²) in [5, 5.41) is 4.92. The predicted octanol–water partition coefficient (Wildman–Crippen LogP) is 12.6. The molecule has 250 valence electrons. The monoisotopic (exact) mass is 678 g/mol. The number of nitrogens with zero attached hydrogens (tertiary/aromatic N) is 2. The van der Waals surface area contributed by atoms with Crippen molar-refractivity contribution >= 4 is 27.1 Å². The molecule has 0 amide bonds. The minimum absolute atomic E-state index is 0.475. The highest BCUT2D eigenvalue weighted by Crippen LogP contribution is 2.63. The first-order valence-corrected chi connectivity index (χ1v) is 18.5. The second-order valence-corrected chi connectivity index (χ2v) is 14.6. The highest BCUT2D eigenvalue weighted by molar-refractivity contribution is 6.08. The van der Waals surface area contributed by atoms with Crippen molar-refractivity contribution in [3.05, 3.63) is 198 Å². The highest BCUT2D eigenvalue weighted by Gasteiger charge is 2.52. The van der Waals surface area contributed by atoms with Gasteiger partial charge in [-0.3, -0.25) is 0 Å². The molecule has 8 aromatic rings. The molecule has 1 aromatic heterocycles. The summed E-state index contributed by atoms with van der Waals surface area (Å²) in [4.78, 5) is 10.5. The van der Waals surface area contributed by atoms with Gasteiger partial charge in [0.15, 0.2) is 5.82 Å². The first kappa shape index (κ1) is 30.1. The van der Waals surface area contributed by atoms with Gasteiger partial charge >= 0.3 is 0 Å². The Morgan fingerprint density at radius 3 is 2.11 bits per heavy atom. The smallest absolute Gasteiger partial charge is 0.160 e. The number of allylic oxidation sites excluding steroid dienone is 4. The normalized spacial score (nSPS) is 18.1. The van der Waals surface area contributed by atoms with E-state index in [4.69, 9.17) is 14.7 Å². The molecule has 3 heteroatoms. The van der Waals surface area contributed by atoms with Crippen molar-refractivity contribution in [1.29, 1.82) is 0 Å². The van der Waals surface area contributed by atoms with Crippen molar-refractivity contribution in [2.75, 3.05) is 0 Å². The fourth-order valence-electron chi connectivity index (χ4n) is 9.10. The van der Waals surface area contributed by atoms with Gasteiger partial charge in [-0.2, -0.15) is 0 Å². The summed E-state index contributed by atoms with van der Waals surface area (Å²) in [6.07, 6.45) is 5.78. The van der Waals surface area contributed by atoms with Gasteiger partial charge in [0.1, 0.15) is 11.5 Å². The maximum atomic E-state index is 6.75. The van der Waals surface area contributed by atoms with Crippen LogP contribution in [-0.2, 0) is 5.41 Å². The molecule has 3 aliphatic rings. The van der Waals surface area contributed by atoms with E-state index in [9.17, 15) is 0 Å². The topological polar surface area (TPSA) is 35.0 Å². The van der Waals surface area contributed by atoms with Crippen molar-refractivity contribution < 1.29 is 4.74 Å². The van der Waals surface area contributed by atoms with Crippen molar-refractivity contribution in [3.63, 3.8) is 0 Å². The lowest BCUT2D eigenvalue weighted by molar-refractivity contribution is 0.435. The van der Waals surface area contributed by atoms with Gasteiger partial charge in [-0.05, 0) is 92.6 Å². The molecule has 2 atom stereocenters. The van der Waals surface area contributed by atoms with Crippen molar-refractivity contribution in [2.45, 2.75) is 18.8 Å². The summed E-state index contributed by atoms with van der Waals surface area (Å²) in [5.74, 6) is 2.96. The number of fused-ring (bicyclic) bond motifs is 11. The molecule has 2 heterocycles. The van der Waals surface area contributed by atoms with E-state index >= 15 is 0 Å². The van der Waals surface area contributed by atoms with Crippen LogP contribution in [-0.4, -0.2) is 9.97 Å². The maximum absolute atomic E-state index is 6.75. The fourth-order valence-corrected chi connectivity index (χ4v) is 9.10. The molecular weight excluding hydrogens is 645 g/mol. The minimum atomic E-state index is -0.512. The minimum Gasteiger partial charge on any atom is -0.457 e. The predicted molar refractivity (Wildman–Crippen MR) is 216 cm³/mol. The van der Waals surface area contributed by atoms with Gasteiger partial charge in [-0.1, -0.05) is 140 Å². The van der Waals surface area contributed by atoms with Gasteiger partial charge in [0.2, 0.25) is 0 Å². The number of para-hydroxylation sites is 1. The van der Waals surface area contributed by atoms with Crippen LogP contribution in [0.2, 0.25) is 0 Å². The Bertz CT molecular complexity index is 2870. The number of benzene rings is 7. The van der Waals surface area contributed by atoms with Crippen LogP contribution in [0.1, 0.15) is 35.6 Å². The van der Waals surface area contributed by atoms with E-state index in [0.717, 1.165) is 51.6 Å². The average molecular weight is 679 g/mol. The van der Waals surface area contributed by atoms with Crippen LogP contribution < -0.4 is 4.74 Å². The van der Waals surface area contributed by atoms with Gasteiger partial charge in [0.25, 0.3) is 0 Å². The van der Waals surface area contributed by atoms with Crippen molar-refractivity contribution in [2.24, 2.45) is 5.92 Å². The quantitative estimate of drug-likeness (QED) is 0.174. The molecule has 1 spiro atoms. The molecule has 1 unspecified atom stereocenters. The van der Waals surface area contributed by atoms with Crippen LogP contribution in [0.25, 0.3) is 61.0 Å². The lowest BCUT2D eigenvalue weighted by Crippen LogP contribution is -2.33. The van der Waals surface area contributed by atoms with Crippen LogP contribution in [0.4, 0.5) is 0 Å². The SMILES string of the molecule is C[C@H]1C=CC2=C(C1)c1ccccc1C21c2ccccc2Oc2ccc(-c3cc(-c4ccc5c(ccc6ccccc65)c4)nc(-c4ccccc4)n3)cc21. The Labute approximate surface area is 308 Å². The third-order valence-corrected chi connectivity index (χ3v) is 11.5. The van der Waals surface area contributed by atoms with Gasteiger partial charge in [-0.25, -0.2) is 9.97 Å². The zero-order chi connectivity index (χ0) is 35.1. The summed E-state index contributed by atoms with van der Waals surface area (Å²) in [7, 11) is 0. The van der Waals surface area contributed by atoms with Gasteiger partial charge in [-0.15, -0.1) is 0 Å². The lowest BCUT2D eigenvalue weighted by Gasteiger charge is -2.40. The Hall–Kier alpha value is -6.58. The largest absolute Gasteiger partial charge is 0.457 e. The number of hydrogen-bond acceptors (Lipinski definition) is 3. The summed E-state index contributed by atoms with van der Waals surface area (Å²) < 4.78 is 6.75. The summed E-state index contributed by atoms with van der Waals surface area (Å²) >= 11 is 0. The molecule has 11 rings (SSSR count). The molecule has 53 heavy (non-hydrogen) atoms. The van der Waals surface area contributed by atoms with E-state index in [1.807, 2.05) is 18.2 Å². The zero-order valence-electron chi connectivity index (χ0n) is 29.3. The zero-order valence-corrected chi connectivity index (χ0v) is 29.3. The van der Waals surface area contributed by atoms with Crippen LogP contribution in [0.5, 0.6) is 11.5 Å². The molecule has 7 aromatic carbocycles. The van der Waals surface area contributed by atoms with E-state index in [1.165, 1.54) is 49.4 Å². The van der Waals surface area contributed by atoms with Crippen molar-refractivity contribution in [1.82, 2.24) is 9.97 Å².